The van der Waals surface area contributed by atoms with E-state index < -0.39 is 0 Å². The highest BCUT2D eigenvalue weighted by atomic mass is 32.2. The normalized spacial score (nSPS) is 10.9. The molecular weight excluding hydrogens is 386 g/mol. The summed E-state index contributed by atoms with van der Waals surface area (Å²) in [5.74, 6) is 1.13. The fourth-order valence-electron chi connectivity index (χ4n) is 2.76. The lowest BCUT2D eigenvalue weighted by atomic mass is 10.0. The third kappa shape index (κ3) is 6.87. The third-order valence-electron chi connectivity index (χ3n) is 4.23. The number of nitrogens with zero attached hydrogens (tertiary/aromatic N) is 1. The Morgan fingerprint density at radius 3 is 1.93 bits per heavy atom. The van der Waals surface area contributed by atoms with Crippen LogP contribution in [0.15, 0.2) is 71.9 Å². The van der Waals surface area contributed by atoms with Crippen molar-refractivity contribution in [1.82, 2.24) is 4.98 Å². The topological polar surface area (TPSA) is 71.8 Å². The van der Waals surface area contributed by atoms with Crippen LogP contribution in [0.5, 0.6) is 5.75 Å². The minimum Gasteiger partial charge on any atom is -0.508 e. The average Bonchev–Trinajstić information content (AvgIpc) is 2.77. The van der Waals surface area contributed by atoms with Gasteiger partial charge in [-0.15, -0.1) is 11.8 Å². The predicted molar refractivity (Wildman–Crippen MR) is 116 cm³/mol. The zero-order valence-electron chi connectivity index (χ0n) is 16.2. The lowest BCUT2D eigenvalue weighted by molar-refractivity contribution is 0.0377. The zero-order valence-corrected chi connectivity index (χ0v) is 17.0. The molecule has 0 aliphatic rings. The molecule has 1 heterocycles. The van der Waals surface area contributed by atoms with E-state index >= 15 is 0 Å². The highest BCUT2D eigenvalue weighted by Gasteiger charge is 2.04. The van der Waals surface area contributed by atoms with Crippen LogP contribution in [0.1, 0.15) is 0 Å². The van der Waals surface area contributed by atoms with Crippen molar-refractivity contribution in [3.8, 4) is 28.0 Å². The number of phenols is 1. The number of thioether (sulfide) groups is 1. The van der Waals surface area contributed by atoms with E-state index in [0.29, 0.717) is 26.4 Å². The molecule has 0 aliphatic carbocycles. The lowest BCUT2D eigenvalue weighted by Crippen LogP contribution is -2.08. The molecule has 0 radical (unpaired) electrons. The Labute approximate surface area is 175 Å². The second kappa shape index (κ2) is 11.6. The van der Waals surface area contributed by atoms with Crippen molar-refractivity contribution < 1.29 is 19.7 Å². The Balaban J connectivity index is 1.51. The molecule has 152 valence electrons. The molecule has 5 nitrogen and oxygen atoms in total. The summed E-state index contributed by atoms with van der Waals surface area (Å²) in [5, 5.41) is 18.1. The summed E-state index contributed by atoms with van der Waals surface area (Å²) in [5.41, 5.74) is 4.20. The number of pyridine rings is 1. The van der Waals surface area contributed by atoms with Gasteiger partial charge >= 0.3 is 0 Å². The van der Waals surface area contributed by atoms with Gasteiger partial charge in [-0.1, -0.05) is 24.3 Å². The highest BCUT2D eigenvalue weighted by Crippen LogP contribution is 2.28. The maximum absolute atomic E-state index is 9.46. The minimum atomic E-state index is 0.0447. The van der Waals surface area contributed by atoms with Crippen LogP contribution >= 0.6 is 11.8 Å². The number of aromatic hydroxyl groups is 1. The molecule has 0 fully saturated rings. The van der Waals surface area contributed by atoms with Gasteiger partial charge in [0, 0.05) is 34.2 Å². The van der Waals surface area contributed by atoms with E-state index in [0.717, 1.165) is 28.0 Å². The van der Waals surface area contributed by atoms with Gasteiger partial charge in [-0.2, -0.15) is 0 Å². The highest BCUT2D eigenvalue weighted by molar-refractivity contribution is 7.99. The van der Waals surface area contributed by atoms with Crippen LogP contribution in [0.25, 0.3) is 22.3 Å². The predicted octanol–water partition coefficient (Wildman–Crippen LogP) is 4.24. The van der Waals surface area contributed by atoms with E-state index in [1.165, 1.54) is 4.90 Å². The summed E-state index contributed by atoms with van der Waals surface area (Å²) in [7, 11) is 0. The number of aromatic nitrogens is 1. The molecule has 2 N–H and O–H groups in total. The van der Waals surface area contributed by atoms with Crippen molar-refractivity contribution in [2.45, 2.75) is 4.90 Å². The van der Waals surface area contributed by atoms with Gasteiger partial charge in [-0.25, -0.2) is 0 Å². The van der Waals surface area contributed by atoms with Gasteiger partial charge in [0.05, 0.1) is 33.0 Å². The summed E-state index contributed by atoms with van der Waals surface area (Å²) in [4.78, 5) is 5.56. The first-order valence-corrected chi connectivity index (χ1v) is 10.5. The van der Waals surface area contributed by atoms with Gasteiger partial charge in [0.2, 0.25) is 0 Å². The number of aliphatic hydroxyl groups excluding tert-OH is 1. The van der Waals surface area contributed by atoms with E-state index in [-0.39, 0.29) is 12.4 Å². The van der Waals surface area contributed by atoms with Crippen molar-refractivity contribution in [1.29, 1.82) is 0 Å². The van der Waals surface area contributed by atoms with Crippen LogP contribution in [0, 0.1) is 0 Å². The Morgan fingerprint density at radius 2 is 1.31 bits per heavy atom. The second-order valence-electron chi connectivity index (χ2n) is 6.33. The summed E-state index contributed by atoms with van der Waals surface area (Å²) < 4.78 is 10.7. The van der Waals surface area contributed by atoms with Crippen molar-refractivity contribution in [2.75, 3.05) is 38.8 Å². The largest absolute Gasteiger partial charge is 0.508 e. The number of phenolic OH excluding ortho intramolecular Hbond substituents is 1. The van der Waals surface area contributed by atoms with Crippen LogP contribution < -0.4 is 0 Å². The van der Waals surface area contributed by atoms with Gasteiger partial charge in [0.25, 0.3) is 0 Å². The molecule has 0 atom stereocenters. The quantitative estimate of drug-likeness (QED) is 0.363. The molecule has 3 rings (SSSR count). The molecule has 0 bridgehead atoms. The minimum absolute atomic E-state index is 0.0447. The smallest absolute Gasteiger partial charge is 0.115 e. The number of benzene rings is 2. The molecule has 3 aromatic rings. The van der Waals surface area contributed by atoms with Crippen molar-refractivity contribution in [3.63, 3.8) is 0 Å². The molecule has 2 aromatic carbocycles. The average molecular weight is 412 g/mol. The number of aliphatic hydroxyl groups is 1. The van der Waals surface area contributed by atoms with E-state index in [1.54, 1.807) is 23.9 Å². The molecule has 0 amide bonds. The Hall–Kier alpha value is -2.38. The van der Waals surface area contributed by atoms with E-state index in [9.17, 15) is 5.11 Å². The summed E-state index contributed by atoms with van der Waals surface area (Å²) >= 11 is 1.75. The summed E-state index contributed by atoms with van der Waals surface area (Å²) in [6.07, 6.45) is 3.69. The Kier molecular flexibility index (Phi) is 8.52. The Bertz CT molecular complexity index is 869. The van der Waals surface area contributed by atoms with Gasteiger partial charge in [-0.05, 0) is 41.5 Å². The van der Waals surface area contributed by atoms with Crippen LogP contribution in [0.3, 0.4) is 0 Å². The van der Waals surface area contributed by atoms with Crippen LogP contribution in [-0.4, -0.2) is 54.0 Å². The number of hydrogen-bond donors (Lipinski definition) is 2. The molecule has 1 aromatic heterocycles. The fraction of sp³-hybridized carbons (Fsp3) is 0.261. The van der Waals surface area contributed by atoms with Crippen molar-refractivity contribution >= 4 is 11.8 Å². The van der Waals surface area contributed by atoms with Gasteiger partial charge in [0.1, 0.15) is 5.75 Å². The maximum atomic E-state index is 9.46. The second-order valence-corrected chi connectivity index (χ2v) is 7.50. The Morgan fingerprint density at radius 1 is 0.724 bits per heavy atom. The first-order valence-electron chi connectivity index (χ1n) is 9.50. The number of rotatable bonds is 11. The van der Waals surface area contributed by atoms with Gasteiger partial charge in [-0.3, -0.25) is 4.98 Å². The molecule has 29 heavy (non-hydrogen) atoms. The third-order valence-corrected chi connectivity index (χ3v) is 5.21. The molecule has 0 saturated carbocycles. The molecule has 0 saturated heterocycles. The van der Waals surface area contributed by atoms with Crippen molar-refractivity contribution in [2.24, 2.45) is 0 Å². The first-order chi connectivity index (χ1) is 14.3. The summed E-state index contributed by atoms with van der Waals surface area (Å²) in [6, 6.07) is 17.7. The van der Waals surface area contributed by atoms with Crippen LogP contribution in [-0.2, 0) is 9.47 Å². The molecule has 0 spiro atoms. The maximum Gasteiger partial charge on any atom is 0.115 e. The van der Waals surface area contributed by atoms with E-state index in [1.807, 2.05) is 24.5 Å². The molecule has 0 unspecified atom stereocenters. The molecule has 6 heteroatoms. The van der Waals surface area contributed by atoms with Gasteiger partial charge in [0.15, 0.2) is 0 Å². The SMILES string of the molecule is OCCOCCOCCSc1ccc(-c2cncc(-c3ccc(O)cc3)c2)cc1. The standard InChI is InChI=1S/C23H25NO4S/c25-9-10-27-11-12-28-13-14-29-23-7-3-19(4-8-23)21-15-20(16-24-17-21)18-1-5-22(26)6-2-18/h1-8,15-17,25-26H,9-14H2. The lowest BCUT2D eigenvalue weighted by Gasteiger charge is -2.07. The van der Waals surface area contributed by atoms with Gasteiger partial charge < -0.3 is 19.7 Å². The fourth-order valence-corrected chi connectivity index (χ4v) is 3.52. The van der Waals surface area contributed by atoms with E-state index in [4.69, 9.17) is 14.6 Å². The number of ether oxygens (including phenoxy) is 2. The number of hydrogen-bond acceptors (Lipinski definition) is 6. The van der Waals surface area contributed by atoms with E-state index in [2.05, 4.69) is 35.3 Å². The van der Waals surface area contributed by atoms with Crippen LogP contribution in [0.2, 0.25) is 0 Å². The van der Waals surface area contributed by atoms with Crippen LogP contribution in [0.4, 0.5) is 0 Å². The molecule has 0 aliphatic heterocycles. The van der Waals surface area contributed by atoms with Crippen molar-refractivity contribution in [3.05, 3.63) is 67.0 Å². The monoisotopic (exact) mass is 411 g/mol. The molecular formula is C23H25NO4S. The summed E-state index contributed by atoms with van der Waals surface area (Å²) in [6.45, 7) is 2.12. The first kappa shape index (κ1) is 21.3. The zero-order chi connectivity index (χ0) is 20.3.